The van der Waals surface area contributed by atoms with Crippen LogP contribution < -0.4 is 11.1 Å². The third kappa shape index (κ3) is 4.97. The Morgan fingerprint density at radius 1 is 1.55 bits per heavy atom. The van der Waals surface area contributed by atoms with E-state index in [-0.39, 0.29) is 24.2 Å². The summed E-state index contributed by atoms with van der Waals surface area (Å²) in [5, 5.41) is 2.75. The molecule has 1 aromatic heterocycles. The zero-order valence-electron chi connectivity index (χ0n) is 11.7. The molecule has 3 N–H and O–H groups in total. The summed E-state index contributed by atoms with van der Waals surface area (Å²) < 4.78 is 10.1. The molecule has 0 spiro atoms. The summed E-state index contributed by atoms with van der Waals surface area (Å²) in [7, 11) is 3.14. The molecule has 0 saturated carbocycles. The van der Waals surface area contributed by atoms with E-state index in [0.717, 1.165) is 0 Å². The normalized spacial score (nSPS) is 11.3. The summed E-state index contributed by atoms with van der Waals surface area (Å²) in [6.07, 6.45) is 1.34. The lowest BCUT2D eigenvalue weighted by molar-refractivity contribution is 0.0285. The first kappa shape index (κ1) is 16.1. The highest BCUT2D eigenvalue weighted by molar-refractivity contribution is 5.94. The van der Waals surface area contributed by atoms with Gasteiger partial charge in [-0.05, 0) is 12.1 Å². The number of hydrogen-bond donors (Lipinski definition) is 2. The number of aromatic nitrogens is 1. The number of nitrogens with one attached hydrogen (secondary N) is 1. The minimum absolute atomic E-state index is 0.203. The van der Waals surface area contributed by atoms with Crippen molar-refractivity contribution in [3.63, 3.8) is 0 Å². The van der Waals surface area contributed by atoms with Crippen LogP contribution in [0.1, 0.15) is 16.1 Å². The maximum absolute atomic E-state index is 12.1. The van der Waals surface area contributed by atoms with Crippen LogP contribution in [0.25, 0.3) is 0 Å². The Labute approximate surface area is 118 Å². The van der Waals surface area contributed by atoms with Crippen molar-refractivity contribution in [1.82, 2.24) is 10.3 Å². The second-order valence-electron chi connectivity index (χ2n) is 3.93. The van der Waals surface area contributed by atoms with Gasteiger partial charge in [-0.1, -0.05) is 11.8 Å². The van der Waals surface area contributed by atoms with E-state index in [2.05, 4.69) is 22.1 Å². The van der Waals surface area contributed by atoms with Gasteiger partial charge in [-0.25, -0.2) is 4.98 Å². The lowest BCUT2D eigenvalue weighted by atomic mass is 10.2. The second-order valence-corrected chi connectivity index (χ2v) is 3.93. The van der Waals surface area contributed by atoms with Crippen LogP contribution in [-0.4, -0.2) is 50.9 Å². The average molecular weight is 277 g/mol. The van der Waals surface area contributed by atoms with Gasteiger partial charge in [0.05, 0.1) is 24.8 Å². The second kappa shape index (κ2) is 9.04. The lowest BCUT2D eigenvalue weighted by Crippen LogP contribution is -2.36. The molecule has 0 radical (unpaired) electrons. The van der Waals surface area contributed by atoms with Gasteiger partial charge in [-0.2, -0.15) is 0 Å². The van der Waals surface area contributed by atoms with Crippen LogP contribution in [0.5, 0.6) is 0 Å². The van der Waals surface area contributed by atoms with Gasteiger partial charge in [0.15, 0.2) is 0 Å². The fourth-order valence-corrected chi connectivity index (χ4v) is 1.52. The van der Waals surface area contributed by atoms with E-state index in [9.17, 15) is 4.79 Å². The number of pyridine rings is 1. The molecule has 0 aliphatic carbocycles. The molecule has 6 nitrogen and oxygen atoms in total. The molecule has 1 rings (SSSR count). The van der Waals surface area contributed by atoms with Crippen molar-refractivity contribution in [3.05, 3.63) is 29.6 Å². The Balaban J connectivity index is 2.72. The largest absolute Gasteiger partial charge is 0.382 e. The van der Waals surface area contributed by atoms with Crippen LogP contribution in [0.4, 0.5) is 0 Å². The molecular weight excluding hydrogens is 258 g/mol. The number of carbonyl (C=O) groups is 1. The molecule has 1 amide bonds. The Bertz CT molecular complexity index is 494. The molecule has 0 saturated heterocycles. The Hall–Kier alpha value is -1.94. The molecule has 1 heterocycles. The van der Waals surface area contributed by atoms with Gasteiger partial charge in [0.1, 0.15) is 5.69 Å². The molecule has 1 atom stereocenters. The smallest absolute Gasteiger partial charge is 0.271 e. The third-order valence-electron chi connectivity index (χ3n) is 2.52. The predicted octanol–water partition coefficient (Wildman–Crippen LogP) is -0.217. The summed E-state index contributed by atoms with van der Waals surface area (Å²) in [5.74, 6) is 5.23. The third-order valence-corrected chi connectivity index (χ3v) is 2.52. The van der Waals surface area contributed by atoms with Crippen LogP contribution in [-0.2, 0) is 9.47 Å². The first-order chi connectivity index (χ1) is 9.72. The van der Waals surface area contributed by atoms with Crippen molar-refractivity contribution >= 4 is 5.91 Å². The zero-order chi connectivity index (χ0) is 14.8. The van der Waals surface area contributed by atoms with Gasteiger partial charge in [-0.15, -0.1) is 0 Å². The van der Waals surface area contributed by atoms with Crippen LogP contribution >= 0.6 is 0 Å². The van der Waals surface area contributed by atoms with E-state index < -0.39 is 0 Å². The SMILES string of the molecule is COCC(CNC(=O)c1ncccc1C#CCN)OC. The topological polar surface area (TPSA) is 86.5 Å². The monoisotopic (exact) mass is 277 g/mol. The maximum Gasteiger partial charge on any atom is 0.271 e. The minimum Gasteiger partial charge on any atom is -0.382 e. The highest BCUT2D eigenvalue weighted by Crippen LogP contribution is 2.03. The quantitative estimate of drug-likeness (QED) is 0.702. The van der Waals surface area contributed by atoms with Crippen molar-refractivity contribution in [2.24, 2.45) is 5.73 Å². The molecular formula is C14H19N3O3. The van der Waals surface area contributed by atoms with Crippen LogP contribution in [0, 0.1) is 11.8 Å². The van der Waals surface area contributed by atoms with Crippen molar-refractivity contribution in [3.8, 4) is 11.8 Å². The van der Waals surface area contributed by atoms with E-state index in [0.29, 0.717) is 18.7 Å². The molecule has 20 heavy (non-hydrogen) atoms. The van der Waals surface area contributed by atoms with Gasteiger partial charge in [0.2, 0.25) is 0 Å². The molecule has 0 bridgehead atoms. The number of methoxy groups -OCH3 is 2. The molecule has 6 heteroatoms. The van der Waals surface area contributed by atoms with Gasteiger partial charge in [-0.3, -0.25) is 4.79 Å². The summed E-state index contributed by atoms with van der Waals surface area (Å²) >= 11 is 0. The van der Waals surface area contributed by atoms with Crippen LogP contribution in [0.3, 0.4) is 0 Å². The van der Waals surface area contributed by atoms with E-state index in [1.54, 1.807) is 32.5 Å². The predicted molar refractivity (Wildman–Crippen MR) is 75.2 cm³/mol. The summed E-state index contributed by atoms with van der Waals surface area (Å²) in [5.41, 5.74) is 6.16. The number of rotatable bonds is 6. The van der Waals surface area contributed by atoms with Gasteiger partial charge < -0.3 is 20.5 Å². The molecule has 1 unspecified atom stereocenters. The number of nitrogens with two attached hydrogens (primary N) is 1. The van der Waals surface area contributed by atoms with Gasteiger partial charge >= 0.3 is 0 Å². The average Bonchev–Trinajstić information content (AvgIpc) is 2.49. The van der Waals surface area contributed by atoms with Crippen LogP contribution in [0.2, 0.25) is 0 Å². The Morgan fingerprint density at radius 3 is 3.00 bits per heavy atom. The van der Waals surface area contributed by atoms with Crippen LogP contribution in [0.15, 0.2) is 18.3 Å². The summed E-state index contributed by atoms with van der Waals surface area (Å²) in [6, 6.07) is 3.45. The zero-order valence-corrected chi connectivity index (χ0v) is 11.7. The lowest BCUT2D eigenvalue weighted by Gasteiger charge is -2.15. The highest BCUT2D eigenvalue weighted by Gasteiger charge is 2.14. The molecule has 0 aliphatic rings. The summed E-state index contributed by atoms with van der Waals surface area (Å²) in [6.45, 7) is 0.970. The highest BCUT2D eigenvalue weighted by atomic mass is 16.5. The van der Waals surface area contributed by atoms with E-state index in [1.165, 1.54) is 0 Å². The fraction of sp³-hybridized carbons (Fsp3) is 0.429. The number of nitrogens with zero attached hydrogens (tertiary/aromatic N) is 1. The van der Waals surface area contributed by atoms with Crippen molar-refractivity contribution in [1.29, 1.82) is 0 Å². The molecule has 0 aromatic carbocycles. The van der Waals surface area contributed by atoms with Gasteiger partial charge in [0.25, 0.3) is 5.91 Å². The maximum atomic E-state index is 12.1. The summed E-state index contributed by atoms with van der Waals surface area (Å²) in [4.78, 5) is 16.1. The van der Waals surface area contributed by atoms with E-state index in [4.69, 9.17) is 15.2 Å². The molecule has 0 fully saturated rings. The number of amides is 1. The van der Waals surface area contributed by atoms with Crippen molar-refractivity contribution in [2.45, 2.75) is 6.10 Å². The Kier molecular flexibility index (Phi) is 7.29. The fourth-order valence-electron chi connectivity index (χ4n) is 1.52. The first-order valence-electron chi connectivity index (χ1n) is 6.16. The minimum atomic E-state index is -0.301. The number of ether oxygens (including phenoxy) is 2. The van der Waals surface area contributed by atoms with Crippen molar-refractivity contribution in [2.75, 3.05) is 33.9 Å². The number of hydrogen-bond acceptors (Lipinski definition) is 5. The van der Waals surface area contributed by atoms with E-state index >= 15 is 0 Å². The van der Waals surface area contributed by atoms with Crippen molar-refractivity contribution < 1.29 is 14.3 Å². The molecule has 0 aliphatic heterocycles. The van der Waals surface area contributed by atoms with Gasteiger partial charge in [0, 0.05) is 27.0 Å². The Morgan fingerprint density at radius 2 is 2.35 bits per heavy atom. The first-order valence-corrected chi connectivity index (χ1v) is 6.16. The molecule has 1 aromatic rings. The standard InChI is InChI=1S/C14H19N3O3/c1-19-10-12(20-2)9-17-14(18)13-11(5-3-7-15)6-4-8-16-13/h4,6,8,12H,7,9-10,15H2,1-2H3,(H,17,18). The molecule has 108 valence electrons. The number of carbonyl (C=O) groups excluding carboxylic acids is 1. The van der Waals surface area contributed by atoms with E-state index in [1.807, 2.05) is 0 Å².